The van der Waals surface area contributed by atoms with Gasteiger partial charge in [-0.15, -0.1) is 0 Å². The van der Waals surface area contributed by atoms with E-state index < -0.39 is 0 Å². The molecule has 0 bridgehead atoms. The molecule has 0 atom stereocenters. The molecular formula is C20H19BrN8O. The summed E-state index contributed by atoms with van der Waals surface area (Å²) in [6.07, 6.45) is 1.56. The number of hydrogen-bond acceptors (Lipinski definition) is 8. The van der Waals surface area contributed by atoms with E-state index in [0.29, 0.717) is 17.7 Å². The molecule has 1 aromatic carbocycles. The second-order valence-corrected chi connectivity index (χ2v) is 7.49. The average molecular weight is 467 g/mol. The normalized spacial score (nSPS) is 11.2. The molecule has 0 aliphatic heterocycles. The number of benzene rings is 1. The summed E-state index contributed by atoms with van der Waals surface area (Å²) >= 11 is 3.43. The largest absolute Gasteiger partial charge is 0.460 e. The van der Waals surface area contributed by atoms with Gasteiger partial charge >= 0.3 is 0 Å². The number of nitrogens with zero attached hydrogens (tertiary/aromatic N) is 6. The highest BCUT2D eigenvalue weighted by atomic mass is 79.9. The molecule has 3 heterocycles. The van der Waals surface area contributed by atoms with Crippen molar-refractivity contribution < 1.29 is 4.42 Å². The molecule has 0 aliphatic carbocycles. The van der Waals surface area contributed by atoms with E-state index in [4.69, 9.17) is 4.42 Å². The van der Waals surface area contributed by atoms with Gasteiger partial charge in [0.25, 0.3) is 5.95 Å². The summed E-state index contributed by atoms with van der Waals surface area (Å²) in [6.45, 7) is 5.73. The van der Waals surface area contributed by atoms with Gasteiger partial charge in [-0.2, -0.15) is 25.2 Å². The summed E-state index contributed by atoms with van der Waals surface area (Å²) in [6, 6.07) is 13.3. The second kappa shape index (κ2) is 8.46. The number of anilines is 3. The Kier molecular flexibility index (Phi) is 5.57. The van der Waals surface area contributed by atoms with Crippen LogP contribution in [-0.2, 0) is 0 Å². The summed E-state index contributed by atoms with van der Waals surface area (Å²) in [7, 11) is 0. The lowest BCUT2D eigenvalue weighted by atomic mass is 10.3. The molecule has 152 valence electrons. The van der Waals surface area contributed by atoms with Gasteiger partial charge in [-0.05, 0) is 63.2 Å². The van der Waals surface area contributed by atoms with Crippen LogP contribution in [0, 0.1) is 20.8 Å². The molecule has 3 aromatic heterocycles. The zero-order chi connectivity index (χ0) is 21.1. The lowest BCUT2D eigenvalue weighted by Gasteiger charge is -2.09. The van der Waals surface area contributed by atoms with Gasteiger partial charge in [0.1, 0.15) is 11.5 Å². The first-order chi connectivity index (χ1) is 14.5. The van der Waals surface area contributed by atoms with E-state index in [1.54, 1.807) is 10.9 Å². The number of hydrogen-bond donors (Lipinski definition) is 2. The molecule has 4 aromatic rings. The van der Waals surface area contributed by atoms with Gasteiger partial charge < -0.3 is 9.73 Å². The first kappa shape index (κ1) is 19.8. The smallest absolute Gasteiger partial charge is 0.257 e. The molecule has 10 heteroatoms. The van der Waals surface area contributed by atoms with Crippen molar-refractivity contribution in [1.29, 1.82) is 0 Å². The molecule has 0 saturated heterocycles. The van der Waals surface area contributed by atoms with Crippen LogP contribution in [0.15, 0.2) is 56.5 Å². The molecule has 2 N–H and O–H groups in total. The van der Waals surface area contributed by atoms with Crippen molar-refractivity contribution in [3.8, 4) is 5.95 Å². The molecule has 0 saturated carbocycles. The maximum absolute atomic E-state index is 5.47. The van der Waals surface area contributed by atoms with Crippen LogP contribution in [0.3, 0.4) is 0 Å². The highest BCUT2D eigenvalue weighted by Gasteiger charge is 2.12. The molecule has 0 fully saturated rings. The third kappa shape index (κ3) is 4.71. The van der Waals surface area contributed by atoms with Crippen LogP contribution in [0.25, 0.3) is 5.95 Å². The van der Waals surface area contributed by atoms with Gasteiger partial charge in [-0.1, -0.05) is 15.9 Å². The molecule has 4 rings (SSSR count). The Labute approximate surface area is 181 Å². The molecule has 0 aliphatic rings. The van der Waals surface area contributed by atoms with Gasteiger partial charge in [0.2, 0.25) is 11.9 Å². The number of rotatable bonds is 6. The predicted octanol–water partition coefficient (Wildman–Crippen LogP) is 4.53. The minimum Gasteiger partial charge on any atom is -0.460 e. The topological polar surface area (TPSA) is 106 Å². The maximum Gasteiger partial charge on any atom is 0.257 e. The van der Waals surface area contributed by atoms with Crippen LogP contribution in [0.4, 0.5) is 17.6 Å². The van der Waals surface area contributed by atoms with Crippen molar-refractivity contribution in [2.45, 2.75) is 20.8 Å². The van der Waals surface area contributed by atoms with Crippen molar-refractivity contribution in [2.24, 2.45) is 5.10 Å². The van der Waals surface area contributed by atoms with E-state index in [2.05, 4.69) is 51.8 Å². The monoisotopic (exact) mass is 466 g/mol. The first-order valence-electron chi connectivity index (χ1n) is 9.14. The number of hydrazone groups is 1. The fraction of sp³-hybridized carbons (Fsp3) is 0.150. The Morgan fingerprint density at radius 2 is 1.77 bits per heavy atom. The van der Waals surface area contributed by atoms with E-state index in [-0.39, 0.29) is 5.95 Å². The molecule has 0 amide bonds. The number of nitrogens with one attached hydrogen (secondary N) is 2. The fourth-order valence-electron chi connectivity index (χ4n) is 2.74. The van der Waals surface area contributed by atoms with Crippen molar-refractivity contribution in [3.05, 3.63) is 69.8 Å². The average Bonchev–Trinajstić information content (AvgIpc) is 3.28. The molecular weight excluding hydrogens is 448 g/mol. The number of furan rings is 1. The van der Waals surface area contributed by atoms with E-state index in [0.717, 1.165) is 27.3 Å². The minimum atomic E-state index is 0.270. The molecule has 0 spiro atoms. The zero-order valence-electron chi connectivity index (χ0n) is 16.6. The lowest BCUT2D eigenvalue weighted by Crippen LogP contribution is -2.11. The SMILES string of the molecule is Cc1cc(C)n(-c2nc(NN=Cc3ccc(C)o3)nc(Nc3ccc(Br)cc3)n2)n1. The van der Waals surface area contributed by atoms with Crippen LogP contribution >= 0.6 is 15.9 Å². The summed E-state index contributed by atoms with van der Waals surface area (Å²) in [4.78, 5) is 13.4. The number of halogens is 1. The van der Waals surface area contributed by atoms with E-state index in [9.17, 15) is 0 Å². The minimum absolute atomic E-state index is 0.270. The Hall–Kier alpha value is -3.53. The highest BCUT2D eigenvalue weighted by molar-refractivity contribution is 9.10. The quantitative estimate of drug-likeness (QED) is 0.317. The summed E-state index contributed by atoms with van der Waals surface area (Å²) in [5.41, 5.74) is 5.45. The fourth-order valence-corrected chi connectivity index (χ4v) is 3.00. The van der Waals surface area contributed by atoms with E-state index >= 15 is 0 Å². The van der Waals surface area contributed by atoms with Gasteiger partial charge in [-0.3, -0.25) is 0 Å². The van der Waals surface area contributed by atoms with Gasteiger partial charge in [-0.25, -0.2) is 10.1 Å². The number of aromatic nitrogens is 5. The Morgan fingerprint density at radius 1 is 1.00 bits per heavy atom. The molecule has 9 nitrogen and oxygen atoms in total. The van der Waals surface area contributed by atoms with Crippen molar-refractivity contribution in [2.75, 3.05) is 10.7 Å². The van der Waals surface area contributed by atoms with Crippen molar-refractivity contribution in [3.63, 3.8) is 0 Å². The van der Waals surface area contributed by atoms with Crippen LogP contribution in [0.1, 0.15) is 22.9 Å². The predicted molar refractivity (Wildman–Crippen MR) is 119 cm³/mol. The molecule has 30 heavy (non-hydrogen) atoms. The second-order valence-electron chi connectivity index (χ2n) is 6.57. The third-order valence-electron chi connectivity index (χ3n) is 4.04. The summed E-state index contributed by atoms with van der Waals surface area (Å²) < 4.78 is 8.12. The maximum atomic E-state index is 5.47. The third-order valence-corrected chi connectivity index (χ3v) is 4.57. The van der Waals surface area contributed by atoms with Crippen LogP contribution in [-0.4, -0.2) is 30.9 Å². The van der Waals surface area contributed by atoms with E-state index in [1.807, 2.05) is 63.2 Å². The lowest BCUT2D eigenvalue weighted by molar-refractivity contribution is 0.528. The highest BCUT2D eigenvalue weighted by Crippen LogP contribution is 2.19. The summed E-state index contributed by atoms with van der Waals surface area (Å²) in [5, 5.41) is 11.8. The molecule has 0 radical (unpaired) electrons. The Bertz CT molecular complexity index is 1200. The first-order valence-corrected chi connectivity index (χ1v) is 9.93. The van der Waals surface area contributed by atoms with Crippen molar-refractivity contribution in [1.82, 2.24) is 24.7 Å². The van der Waals surface area contributed by atoms with Crippen LogP contribution in [0.5, 0.6) is 0 Å². The molecule has 0 unspecified atom stereocenters. The number of aryl methyl sites for hydroxylation is 3. The van der Waals surface area contributed by atoms with Gasteiger partial charge in [0, 0.05) is 15.9 Å². The van der Waals surface area contributed by atoms with Crippen LogP contribution < -0.4 is 10.7 Å². The van der Waals surface area contributed by atoms with Crippen LogP contribution in [0.2, 0.25) is 0 Å². The van der Waals surface area contributed by atoms with Gasteiger partial charge in [0.15, 0.2) is 0 Å². The Balaban J connectivity index is 1.65. The zero-order valence-corrected chi connectivity index (χ0v) is 18.2. The summed E-state index contributed by atoms with van der Waals surface area (Å²) in [5.74, 6) is 2.44. The van der Waals surface area contributed by atoms with E-state index in [1.165, 1.54) is 0 Å². The van der Waals surface area contributed by atoms with Gasteiger partial charge in [0.05, 0.1) is 11.9 Å². The Morgan fingerprint density at radius 3 is 2.43 bits per heavy atom. The standard InChI is InChI=1S/C20H19BrN8O/c1-12-10-13(2)29(28-12)20-25-18(23-16-7-5-15(21)6-8-16)24-19(26-20)27-22-11-17-9-4-14(3)30-17/h4-11H,1-3H3,(H2,23,24,25,26,27). The van der Waals surface area contributed by atoms with Crippen molar-refractivity contribution >= 4 is 39.7 Å².